The van der Waals surface area contributed by atoms with Crippen molar-refractivity contribution in [2.45, 2.75) is 25.9 Å². The predicted octanol–water partition coefficient (Wildman–Crippen LogP) is -1.25. The van der Waals surface area contributed by atoms with E-state index < -0.39 is 6.03 Å². The lowest BCUT2D eigenvalue weighted by atomic mass is 10.1. The Morgan fingerprint density at radius 3 is 2.39 bits per heavy atom. The summed E-state index contributed by atoms with van der Waals surface area (Å²) < 4.78 is 0. The van der Waals surface area contributed by atoms with Crippen molar-refractivity contribution in [3.05, 3.63) is 0 Å². The van der Waals surface area contributed by atoms with Crippen LogP contribution in [0.25, 0.3) is 0 Å². The summed E-state index contributed by atoms with van der Waals surface area (Å²) >= 11 is 0. The molecule has 0 aromatic rings. The molecule has 0 unspecified atom stereocenters. The van der Waals surface area contributed by atoms with Crippen molar-refractivity contribution in [2.24, 2.45) is 0 Å². The van der Waals surface area contributed by atoms with Gasteiger partial charge in [0, 0.05) is 25.2 Å². The maximum atomic E-state index is 12.1. The van der Waals surface area contributed by atoms with Gasteiger partial charge < -0.3 is 15.1 Å². The zero-order valence-corrected chi connectivity index (χ0v) is 10.6. The third-order valence-corrected chi connectivity index (χ3v) is 3.10. The number of urea groups is 1. The molecule has 2 rings (SSSR count). The Morgan fingerprint density at radius 1 is 1.28 bits per heavy atom. The molecule has 2 saturated heterocycles. The number of hydrogen-bond acceptors (Lipinski definition) is 4. The summed E-state index contributed by atoms with van der Waals surface area (Å²) in [6, 6.07) is 0.00283. The van der Waals surface area contributed by atoms with E-state index >= 15 is 0 Å². The van der Waals surface area contributed by atoms with Crippen LogP contribution in [0.2, 0.25) is 0 Å². The molecule has 2 fully saturated rings. The minimum atomic E-state index is -0.482. The van der Waals surface area contributed by atoms with Crippen LogP contribution in [0.4, 0.5) is 4.79 Å². The molecule has 7 heteroatoms. The fraction of sp³-hybridized carbons (Fsp3) is 0.727. The zero-order valence-electron chi connectivity index (χ0n) is 10.6. The standard InChI is InChI=1S/C11H18N4O3/c1-7-3-14(4-8(2)12-7)10(17)6-15-5-9(16)13-11(15)18/h7-8,12H,3-6H2,1-2H3,(H,13,16,18)/t7-,8-/m1/s1. The summed E-state index contributed by atoms with van der Waals surface area (Å²) in [6.45, 7) is 5.24. The van der Waals surface area contributed by atoms with E-state index in [0.717, 1.165) is 0 Å². The van der Waals surface area contributed by atoms with Crippen LogP contribution in [-0.2, 0) is 9.59 Å². The van der Waals surface area contributed by atoms with Crippen molar-refractivity contribution in [3.63, 3.8) is 0 Å². The van der Waals surface area contributed by atoms with Gasteiger partial charge in [-0.1, -0.05) is 0 Å². The Hall–Kier alpha value is -1.63. The maximum Gasteiger partial charge on any atom is 0.325 e. The van der Waals surface area contributed by atoms with E-state index in [1.165, 1.54) is 4.90 Å². The highest BCUT2D eigenvalue weighted by Crippen LogP contribution is 2.06. The second kappa shape index (κ2) is 4.93. The molecule has 2 aliphatic rings. The van der Waals surface area contributed by atoms with E-state index in [-0.39, 0.29) is 37.0 Å². The molecular formula is C11H18N4O3. The average molecular weight is 254 g/mol. The first-order valence-electron chi connectivity index (χ1n) is 6.08. The van der Waals surface area contributed by atoms with Crippen LogP contribution >= 0.6 is 0 Å². The quantitative estimate of drug-likeness (QED) is 0.603. The lowest BCUT2D eigenvalue weighted by Crippen LogP contribution is -2.57. The van der Waals surface area contributed by atoms with Crippen molar-refractivity contribution in [2.75, 3.05) is 26.2 Å². The van der Waals surface area contributed by atoms with Crippen LogP contribution in [-0.4, -0.2) is 65.9 Å². The first kappa shape index (κ1) is 12.8. The Balaban J connectivity index is 1.91. The lowest BCUT2D eigenvalue weighted by molar-refractivity contribution is -0.133. The Labute approximate surface area is 105 Å². The number of imide groups is 1. The van der Waals surface area contributed by atoms with Gasteiger partial charge in [0.25, 0.3) is 0 Å². The molecule has 0 radical (unpaired) electrons. The third-order valence-electron chi connectivity index (χ3n) is 3.10. The number of rotatable bonds is 2. The normalized spacial score (nSPS) is 28.6. The highest BCUT2D eigenvalue weighted by atomic mass is 16.2. The number of hydrogen-bond donors (Lipinski definition) is 2. The first-order chi connectivity index (χ1) is 8.45. The molecule has 100 valence electrons. The summed E-state index contributed by atoms with van der Waals surface area (Å²) in [5.74, 6) is -0.463. The molecular weight excluding hydrogens is 236 g/mol. The molecule has 0 spiro atoms. The molecule has 2 aliphatic heterocycles. The molecule has 2 N–H and O–H groups in total. The van der Waals surface area contributed by atoms with Gasteiger partial charge in [-0.05, 0) is 13.8 Å². The number of carbonyl (C=O) groups is 3. The molecule has 0 saturated carbocycles. The second-order valence-electron chi connectivity index (χ2n) is 4.98. The van der Waals surface area contributed by atoms with Crippen LogP contribution in [0.5, 0.6) is 0 Å². The van der Waals surface area contributed by atoms with Gasteiger partial charge in [0.2, 0.25) is 11.8 Å². The number of nitrogens with one attached hydrogen (secondary N) is 2. The predicted molar refractivity (Wildman–Crippen MR) is 63.8 cm³/mol. The summed E-state index contributed by atoms with van der Waals surface area (Å²) in [7, 11) is 0. The molecule has 0 bridgehead atoms. The van der Waals surface area contributed by atoms with Gasteiger partial charge >= 0.3 is 6.03 Å². The highest BCUT2D eigenvalue weighted by molar-refractivity contribution is 6.03. The van der Waals surface area contributed by atoms with Crippen LogP contribution in [0.1, 0.15) is 13.8 Å². The number of carbonyl (C=O) groups excluding carboxylic acids is 3. The van der Waals surface area contributed by atoms with Gasteiger partial charge in [-0.15, -0.1) is 0 Å². The highest BCUT2D eigenvalue weighted by Gasteiger charge is 2.31. The molecule has 0 aromatic heterocycles. The molecule has 2 heterocycles. The molecule has 4 amide bonds. The van der Waals surface area contributed by atoms with E-state index in [1.807, 2.05) is 13.8 Å². The summed E-state index contributed by atoms with van der Waals surface area (Å²) in [5, 5.41) is 5.49. The largest absolute Gasteiger partial charge is 0.338 e. The Kier molecular flexibility index (Phi) is 3.51. The summed E-state index contributed by atoms with van der Waals surface area (Å²) in [4.78, 5) is 37.4. The van der Waals surface area contributed by atoms with E-state index in [4.69, 9.17) is 0 Å². The molecule has 18 heavy (non-hydrogen) atoms. The minimum Gasteiger partial charge on any atom is -0.338 e. The third kappa shape index (κ3) is 2.79. The van der Waals surface area contributed by atoms with Crippen LogP contribution in [0.3, 0.4) is 0 Å². The van der Waals surface area contributed by atoms with Crippen molar-refractivity contribution >= 4 is 17.8 Å². The Morgan fingerprint density at radius 2 is 1.89 bits per heavy atom. The van der Waals surface area contributed by atoms with Gasteiger partial charge in [0.15, 0.2) is 0 Å². The van der Waals surface area contributed by atoms with E-state index in [2.05, 4.69) is 10.6 Å². The Bertz CT molecular complexity index is 374. The minimum absolute atomic E-state index is 0.0260. The van der Waals surface area contributed by atoms with Gasteiger partial charge in [-0.2, -0.15) is 0 Å². The molecule has 0 aliphatic carbocycles. The lowest BCUT2D eigenvalue weighted by Gasteiger charge is -2.36. The number of nitrogens with zero attached hydrogens (tertiary/aromatic N) is 2. The topological polar surface area (TPSA) is 81.8 Å². The SMILES string of the molecule is C[C@@H]1CN(C(=O)CN2CC(=O)NC2=O)C[C@@H](C)N1. The van der Waals surface area contributed by atoms with Crippen molar-refractivity contribution in [1.29, 1.82) is 0 Å². The van der Waals surface area contributed by atoms with Crippen molar-refractivity contribution in [1.82, 2.24) is 20.4 Å². The fourth-order valence-electron chi connectivity index (χ4n) is 2.40. The summed E-state index contributed by atoms with van der Waals surface area (Å²) in [5.41, 5.74) is 0. The first-order valence-corrected chi connectivity index (χ1v) is 6.08. The van der Waals surface area contributed by atoms with Crippen LogP contribution in [0.15, 0.2) is 0 Å². The summed E-state index contributed by atoms with van der Waals surface area (Å²) in [6.07, 6.45) is 0. The zero-order chi connectivity index (χ0) is 13.3. The smallest absolute Gasteiger partial charge is 0.325 e. The van der Waals surface area contributed by atoms with E-state index in [9.17, 15) is 14.4 Å². The van der Waals surface area contributed by atoms with Crippen LogP contribution in [0, 0.1) is 0 Å². The number of amides is 4. The molecule has 7 nitrogen and oxygen atoms in total. The fourth-order valence-corrected chi connectivity index (χ4v) is 2.40. The molecule has 2 atom stereocenters. The van der Waals surface area contributed by atoms with Crippen molar-refractivity contribution in [3.8, 4) is 0 Å². The maximum absolute atomic E-state index is 12.1. The number of piperazine rings is 1. The second-order valence-corrected chi connectivity index (χ2v) is 4.98. The van der Waals surface area contributed by atoms with Crippen LogP contribution < -0.4 is 10.6 Å². The monoisotopic (exact) mass is 254 g/mol. The average Bonchev–Trinajstić information content (AvgIpc) is 2.56. The van der Waals surface area contributed by atoms with Gasteiger partial charge in [0.05, 0.1) is 0 Å². The van der Waals surface area contributed by atoms with Crippen molar-refractivity contribution < 1.29 is 14.4 Å². The van der Waals surface area contributed by atoms with E-state index in [1.54, 1.807) is 4.90 Å². The van der Waals surface area contributed by atoms with E-state index in [0.29, 0.717) is 13.1 Å². The molecule has 0 aromatic carbocycles. The van der Waals surface area contributed by atoms with Gasteiger partial charge in [-0.25, -0.2) is 4.79 Å². The van der Waals surface area contributed by atoms with Gasteiger partial charge in [-0.3, -0.25) is 14.9 Å². The van der Waals surface area contributed by atoms with Gasteiger partial charge in [0.1, 0.15) is 13.1 Å².